The van der Waals surface area contributed by atoms with Crippen LogP contribution >= 0.6 is 0 Å². The minimum atomic E-state index is 0.194. The first-order chi connectivity index (χ1) is 12.6. The molecule has 1 aliphatic heterocycles. The third-order valence-corrected chi connectivity index (χ3v) is 5.07. The highest BCUT2D eigenvalue weighted by atomic mass is 16.5. The molecule has 0 fully saturated rings. The molecule has 26 heavy (non-hydrogen) atoms. The van der Waals surface area contributed by atoms with Crippen LogP contribution in [0.2, 0.25) is 0 Å². The maximum atomic E-state index is 12.2. The predicted molar refractivity (Wildman–Crippen MR) is 99.1 cm³/mol. The fraction of sp³-hybridized carbons (Fsp3) is 0.190. The van der Waals surface area contributed by atoms with Crippen molar-refractivity contribution in [1.82, 2.24) is 14.7 Å². The zero-order chi connectivity index (χ0) is 17.8. The van der Waals surface area contributed by atoms with E-state index in [2.05, 4.69) is 27.9 Å². The lowest BCUT2D eigenvalue weighted by molar-refractivity contribution is 0.0973. The van der Waals surface area contributed by atoms with E-state index in [9.17, 15) is 4.79 Å². The molecule has 0 spiro atoms. The highest BCUT2D eigenvalue weighted by molar-refractivity contribution is 6.08. The number of rotatable bonds is 2. The molecule has 1 aliphatic rings. The number of hydrogen-bond acceptors (Lipinski definition) is 4. The standard InChI is InChI=1S/C21H17N3O2/c1-12-19(13(2)26-23-12)14-5-3-6-15(11-14)21-22-17-8-4-7-16-18(25)9-10-24(21)20(16)17/h3-8,11H,9-10H2,1-2H3. The van der Waals surface area contributed by atoms with E-state index >= 15 is 0 Å². The van der Waals surface area contributed by atoms with E-state index in [1.807, 2.05) is 38.1 Å². The van der Waals surface area contributed by atoms with Crippen LogP contribution in [0.3, 0.4) is 0 Å². The van der Waals surface area contributed by atoms with E-state index in [-0.39, 0.29) is 5.78 Å². The topological polar surface area (TPSA) is 60.9 Å². The lowest BCUT2D eigenvalue weighted by Gasteiger charge is -2.16. The Morgan fingerprint density at radius 1 is 1.08 bits per heavy atom. The van der Waals surface area contributed by atoms with Crippen molar-refractivity contribution in [3.05, 3.63) is 59.5 Å². The van der Waals surface area contributed by atoms with Gasteiger partial charge in [0.1, 0.15) is 11.6 Å². The Labute approximate surface area is 150 Å². The second-order valence-corrected chi connectivity index (χ2v) is 6.71. The normalized spacial score (nSPS) is 13.5. The number of imidazole rings is 1. The first-order valence-electron chi connectivity index (χ1n) is 8.69. The van der Waals surface area contributed by atoms with Gasteiger partial charge in [0.2, 0.25) is 0 Å². The molecule has 0 atom stereocenters. The number of ketones is 1. The van der Waals surface area contributed by atoms with Crippen LogP contribution in [-0.4, -0.2) is 20.5 Å². The van der Waals surface area contributed by atoms with Gasteiger partial charge < -0.3 is 9.09 Å². The molecule has 2 aromatic heterocycles. The average molecular weight is 343 g/mol. The van der Waals surface area contributed by atoms with Gasteiger partial charge in [0.25, 0.3) is 0 Å². The van der Waals surface area contributed by atoms with Gasteiger partial charge in [-0.3, -0.25) is 4.79 Å². The Kier molecular flexibility index (Phi) is 3.13. The number of hydrogen-bond donors (Lipinski definition) is 0. The van der Waals surface area contributed by atoms with Crippen LogP contribution in [0.1, 0.15) is 28.2 Å². The van der Waals surface area contributed by atoms with E-state index in [0.717, 1.165) is 50.6 Å². The molecule has 0 saturated carbocycles. The summed E-state index contributed by atoms with van der Waals surface area (Å²) in [5, 5.41) is 4.06. The lowest BCUT2D eigenvalue weighted by Crippen LogP contribution is -2.14. The molecule has 4 aromatic rings. The van der Waals surface area contributed by atoms with E-state index < -0.39 is 0 Å². The molecule has 2 aromatic carbocycles. The van der Waals surface area contributed by atoms with Gasteiger partial charge in [0, 0.05) is 29.7 Å². The van der Waals surface area contributed by atoms with Crippen molar-refractivity contribution in [1.29, 1.82) is 0 Å². The van der Waals surface area contributed by atoms with Crippen LogP contribution in [0.5, 0.6) is 0 Å². The number of benzene rings is 2. The summed E-state index contributed by atoms with van der Waals surface area (Å²) in [5.74, 6) is 1.90. The fourth-order valence-electron chi connectivity index (χ4n) is 3.91. The van der Waals surface area contributed by atoms with Gasteiger partial charge in [0.15, 0.2) is 5.78 Å². The minimum absolute atomic E-state index is 0.194. The number of nitrogens with zero attached hydrogens (tertiary/aromatic N) is 3. The van der Waals surface area contributed by atoms with Crippen molar-refractivity contribution in [2.45, 2.75) is 26.8 Å². The summed E-state index contributed by atoms with van der Waals surface area (Å²) < 4.78 is 7.48. The van der Waals surface area contributed by atoms with Crippen LogP contribution in [0.4, 0.5) is 0 Å². The summed E-state index contributed by atoms with van der Waals surface area (Å²) >= 11 is 0. The summed E-state index contributed by atoms with van der Waals surface area (Å²) in [6.45, 7) is 4.54. The monoisotopic (exact) mass is 343 g/mol. The number of para-hydroxylation sites is 1. The molecule has 5 nitrogen and oxygen atoms in total. The van der Waals surface area contributed by atoms with Crippen molar-refractivity contribution in [3.63, 3.8) is 0 Å². The third-order valence-electron chi connectivity index (χ3n) is 5.07. The van der Waals surface area contributed by atoms with Gasteiger partial charge in [-0.05, 0) is 37.6 Å². The molecule has 0 saturated heterocycles. The Hall–Kier alpha value is -3.21. The van der Waals surface area contributed by atoms with Crippen molar-refractivity contribution < 1.29 is 9.32 Å². The van der Waals surface area contributed by atoms with E-state index in [0.29, 0.717) is 13.0 Å². The van der Waals surface area contributed by atoms with Crippen LogP contribution < -0.4 is 0 Å². The molecule has 0 amide bonds. The summed E-state index contributed by atoms with van der Waals surface area (Å²) in [5.41, 5.74) is 6.58. The average Bonchev–Trinajstić information content (AvgIpc) is 3.19. The summed E-state index contributed by atoms with van der Waals surface area (Å²) in [4.78, 5) is 17.1. The highest BCUT2D eigenvalue weighted by Gasteiger charge is 2.23. The summed E-state index contributed by atoms with van der Waals surface area (Å²) in [7, 11) is 0. The minimum Gasteiger partial charge on any atom is -0.361 e. The lowest BCUT2D eigenvalue weighted by atomic mass is 10.0. The summed E-state index contributed by atoms with van der Waals surface area (Å²) in [6, 6.07) is 14.0. The van der Waals surface area contributed by atoms with Gasteiger partial charge in [0.05, 0.1) is 16.7 Å². The Bertz CT molecular complexity index is 1160. The molecule has 128 valence electrons. The van der Waals surface area contributed by atoms with Crippen LogP contribution in [-0.2, 0) is 6.54 Å². The molecular weight excluding hydrogens is 326 g/mol. The first-order valence-corrected chi connectivity index (χ1v) is 8.69. The Morgan fingerprint density at radius 3 is 2.69 bits per heavy atom. The van der Waals surface area contributed by atoms with E-state index in [4.69, 9.17) is 9.51 Å². The Morgan fingerprint density at radius 2 is 1.88 bits per heavy atom. The Balaban J connectivity index is 1.73. The van der Waals surface area contributed by atoms with Gasteiger partial charge >= 0.3 is 0 Å². The van der Waals surface area contributed by atoms with Crippen LogP contribution in [0.15, 0.2) is 47.0 Å². The number of aryl methyl sites for hydroxylation is 3. The zero-order valence-electron chi connectivity index (χ0n) is 14.6. The van der Waals surface area contributed by atoms with E-state index in [1.165, 1.54) is 0 Å². The smallest absolute Gasteiger partial charge is 0.166 e. The second-order valence-electron chi connectivity index (χ2n) is 6.71. The number of carbonyl (C=O) groups excluding carboxylic acids is 1. The van der Waals surface area contributed by atoms with Gasteiger partial charge in [-0.1, -0.05) is 29.4 Å². The molecule has 3 heterocycles. The molecule has 5 heteroatoms. The van der Waals surface area contributed by atoms with E-state index in [1.54, 1.807) is 0 Å². The molecule has 0 radical (unpaired) electrons. The molecule has 5 rings (SSSR count). The van der Waals surface area contributed by atoms with Gasteiger partial charge in [-0.2, -0.15) is 0 Å². The fourth-order valence-corrected chi connectivity index (χ4v) is 3.91. The maximum absolute atomic E-state index is 12.2. The van der Waals surface area contributed by atoms with Crippen LogP contribution in [0, 0.1) is 13.8 Å². The molecule has 0 bridgehead atoms. The quantitative estimate of drug-likeness (QED) is 0.535. The third kappa shape index (κ3) is 2.07. The van der Waals surface area contributed by atoms with Gasteiger partial charge in [-0.15, -0.1) is 0 Å². The van der Waals surface area contributed by atoms with Crippen LogP contribution in [0.25, 0.3) is 33.5 Å². The first kappa shape index (κ1) is 15.1. The molecular formula is C21H17N3O2. The number of Topliss-reactive ketones (excluding diaryl/α,β-unsaturated/α-hetero) is 1. The maximum Gasteiger partial charge on any atom is 0.166 e. The zero-order valence-corrected chi connectivity index (χ0v) is 14.6. The molecule has 0 N–H and O–H groups in total. The van der Waals surface area contributed by atoms with Crippen molar-refractivity contribution >= 4 is 16.8 Å². The van der Waals surface area contributed by atoms with Crippen molar-refractivity contribution in [2.24, 2.45) is 0 Å². The highest BCUT2D eigenvalue weighted by Crippen LogP contribution is 2.34. The predicted octanol–water partition coefficient (Wildman–Crippen LogP) is 4.56. The molecule has 0 aliphatic carbocycles. The largest absolute Gasteiger partial charge is 0.361 e. The second kappa shape index (κ2) is 5.39. The van der Waals surface area contributed by atoms with Gasteiger partial charge in [-0.25, -0.2) is 4.98 Å². The molecule has 0 unspecified atom stereocenters. The number of aromatic nitrogens is 3. The summed E-state index contributed by atoms with van der Waals surface area (Å²) in [6.07, 6.45) is 0.513. The van der Waals surface area contributed by atoms with Crippen molar-refractivity contribution in [2.75, 3.05) is 0 Å². The van der Waals surface area contributed by atoms with Crippen molar-refractivity contribution in [3.8, 4) is 22.5 Å². The number of carbonyl (C=O) groups is 1. The SMILES string of the molecule is Cc1noc(C)c1-c1cccc(-c2nc3cccc4c3n2CCC4=O)c1.